The first-order valence-corrected chi connectivity index (χ1v) is 7.63. The third-order valence-corrected chi connectivity index (χ3v) is 4.81. The number of hydrogen-bond acceptors (Lipinski definition) is 3. The molecule has 3 atom stereocenters. The molecule has 0 bridgehead atoms. The van der Waals surface area contributed by atoms with Crippen molar-refractivity contribution in [1.82, 2.24) is 4.90 Å². The van der Waals surface area contributed by atoms with Gasteiger partial charge in [0.25, 0.3) is 0 Å². The average Bonchev–Trinajstić information content (AvgIpc) is 2.23. The van der Waals surface area contributed by atoms with Gasteiger partial charge in [0.15, 0.2) is 0 Å². The van der Waals surface area contributed by atoms with Crippen molar-refractivity contribution in [3.8, 4) is 0 Å². The van der Waals surface area contributed by atoms with Crippen molar-refractivity contribution in [2.24, 2.45) is 23.5 Å². The molecule has 0 aromatic heterocycles. The minimum absolute atomic E-state index is 0.164. The Hall–Kier alpha value is -0.120. The highest BCUT2D eigenvalue weighted by molar-refractivity contribution is 4.91. The van der Waals surface area contributed by atoms with Crippen LogP contribution in [0.25, 0.3) is 0 Å². The fourth-order valence-corrected chi connectivity index (χ4v) is 3.53. The van der Waals surface area contributed by atoms with Gasteiger partial charge in [0.05, 0.1) is 6.10 Å². The number of hydrogen-bond donors (Lipinski definition) is 2. The van der Waals surface area contributed by atoms with Crippen molar-refractivity contribution < 1.29 is 5.11 Å². The first kappa shape index (κ1) is 14.3. The standard InChI is InChI=1S/C15H30N2O/c1-10(2)15(18)7-12-6-13(16)9-17(8-12)14-4-11(3)5-14/h10-15,18H,4-9,16H2,1-3H3. The Morgan fingerprint density at radius 3 is 2.44 bits per heavy atom. The Labute approximate surface area is 112 Å². The van der Waals surface area contributed by atoms with Gasteiger partial charge >= 0.3 is 0 Å². The summed E-state index contributed by atoms with van der Waals surface area (Å²) in [4.78, 5) is 2.59. The van der Waals surface area contributed by atoms with E-state index in [1.165, 1.54) is 12.8 Å². The average molecular weight is 254 g/mol. The third-order valence-electron chi connectivity index (χ3n) is 4.81. The molecule has 0 aromatic carbocycles. The second kappa shape index (κ2) is 5.89. The second-order valence-electron chi connectivity index (χ2n) is 7.09. The lowest BCUT2D eigenvalue weighted by atomic mass is 9.78. The van der Waals surface area contributed by atoms with E-state index in [0.717, 1.165) is 37.9 Å². The third kappa shape index (κ3) is 3.46. The van der Waals surface area contributed by atoms with Gasteiger partial charge in [-0.05, 0) is 43.4 Å². The maximum atomic E-state index is 10.0. The molecule has 1 saturated heterocycles. The first-order chi connectivity index (χ1) is 8.45. The molecule has 106 valence electrons. The van der Waals surface area contributed by atoms with Crippen LogP contribution in [0.15, 0.2) is 0 Å². The number of rotatable bonds is 4. The van der Waals surface area contributed by atoms with Gasteiger partial charge in [0.2, 0.25) is 0 Å². The number of aliphatic hydroxyl groups is 1. The molecule has 2 rings (SSSR count). The van der Waals surface area contributed by atoms with Gasteiger partial charge in [-0.1, -0.05) is 20.8 Å². The summed E-state index contributed by atoms with van der Waals surface area (Å²) in [6.45, 7) is 8.73. The van der Waals surface area contributed by atoms with Crippen LogP contribution in [0.4, 0.5) is 0 Å². The van der Waals surface area contributed by atoms with Crippen molar-refractivity contribution in [2.75, 3.05) is 13.1 Å². The summed E-state index contributed by atoms with van der Waals surface area (Å²) in [6, 6.07) is 1.07. The molecule has 18 heavy (non-hydrogen) atoms. The predicted molar refractivity (Wildman–Crippen MR) is 75.3 cm³/mol. The van der Waals surface area contributed by atoms with Gasteiger partial charge in [0, 0.05) is 25.2 Å². The monoisotopic (exact) mass is 254 g/mol. The van der Waals surface area contributed by atoms with Crippen LogP contribution in [0.5, 0.6) is 0 Å². The molecule has 2 aliphatic rings. The van der Waals surface area contributed by atoms with Crippen molar-refractivity contribution in [3.05, 3.63) is 0 Å². The molecule has 1 saturated carbocycles. The van der Waals surface area contributed by atoms with Gasteiger partial charge in [-0.3, -0.25) is 4.90 Å². The molecule has 1 aliphatic heterocycles. The van der Waals surface area contributed by atoms with Crippen LogP contribution >= 0.6 is 0 Å². The van der Waals surface area contributed by atoms with Crippen molar-refractivity contribution in [2.45, 2.75) is 64.6 Å². The van der Waals surface area contributed by atoms with Crippen molar-refractivity contribution >= 4 is 0 Å². The molecule has 0 aromatic rings. The quantitative estimate of drug-likeness (QED) is 0.805. The Morgan fingerprint density at radius 1 is 1.22 bits per heavy atom. The smallest absolute Gasteiger partial charge is 0.0566 e. The molecular weight excluding hydrogens is 224 g/mol. The van der Waals surface area contributed by atoms with E-state index in [2.05, 4.69) is 25.7 Å². The number of piperidine rings is 1. The maximum absolute atomic E-state index is 10.0. The summed E-state index contributed by atoms with van der Waals surface area (Å²) in [5, 5.41) is 10.0. The van der Waals surface area contributed by atoms with E-state index in [1.54, 1.807) is 0 Å². The zero-order valence-electron chi connectivity index (χ0n) is 12.2. The minimum atomic E-state index is -0.164. The summed E-state index contributed by atoms with van der Waals surface area (Å²) >= 11 is 0. The molecule has 0 radical (unpaired) electrons. The number of likely N-dealkylation sites (tertiary alicyclic amines) is 1. The molecule has 1 heterocycles. The largest absolute Gasteiger partial charge is 0.393 e. The molecule has 3 N–H and O–H groups in total. The van der Waals surface area contributed by atoms with Gasteiger partial charge in [-0.2, -0.15) is 0 Å². The van der Waals surface area contributed by atoms with E-state index >= 15 is 0 Å². The lowest BCUT2D eigenvalue weighted by Gasteiger charge is -2.47. The summed E-state index contributed by atoms with van der Waals surface area (Å²) in [5.74, 6) is 1.84. The van der Waals surface area contributed by atoms with Crippen molar-refractivity contribution in [3.63, 3.8) is 0 Å². The van der Waals surface area contributed by atoms with Gasteiger partial charge in [-0.25, -0.2) is 0 Å². The second-order valence-corrected chi connectivity index (χ2v) is 7.09. The molecule has 3 heteroatoms. The summed E-state index contributed by atoms with van der Waals surface area (Å²) in [5.41, 5.74) is 6.20. The highest BCUT2D eigenvalue weighted by atomic mass is 16.3. The van der Waals surface area contributed by atoms with Gasteiger partial charge < -0.3 is 10.8 Å². The van der Waals surface area contributed by atoms with Crippen LogP contribution in [-0.2, 0) is 0 Å². The van der Waals surface area contributed by atoms with Crippen LogP contribution in [-0.4, -0.2) is 41.3 Å². The van der Waals surface area contributed by atoms with Gasteiger partial charge in [0.1, 0.15) is 0 Å². The highest BCUT2D eigenvalue weighted by Crippen LogP contribution is 2.34. The van der Waals surface area contributed by atoms with E-state index in [4.69, 9.17) is 5.73 Å². The van der Waals surface area contributed by atoms with E-state index in [1.807, 2.05) is 0 Å². The SMILES string of the molecule is CC1CC(N2CC(N)CC(CC(O)C(C)C)C2)C1. The topological polar surface area (TPSA) is 49.5 Å². The normalized spacial score (nSPS) is 39.7. The van der Waals surface area contributed by atoms with Crippen molar-refractivity contribution in [1.29, 1.82) is 0 Å². The molecule has 3 unspecified atom stereocenters. The van der Waals surface area contributed by atoms with E-state index in [9.17, 15) is 5.11 Å². The molecular formula is C15H30N2O. The highest BCUT2D eigenvalue weighted by Gasteiger charge is 2.36. The van der Waals surface area contributed by atoms with E-state index in [0.29, 0.717) is 17.9 Å². The lowest BCUT2D eigenvalue weighted by molar-refractivity contribution is 0.0181. The number of nitrogens with two attached hydrogens (primary N) is 1. The molecule has 0 amide bonds. The van der Waals surface area contributed by atoms with Crippen LogP contribution < -0.4 is 5.73 Å². The van der Waals surface area contributed by atoms with Crippen LogP contribution in [0.3, 0.4) is 0 Å². The van der Waals surface area contributed by atoms with Crippen LogP contribution in [0.2, 0.25) is 0 Å². The molecule has 2 fully saturated rings. The summed E-state index contributed by atoms with van der Waals surface area (Å²) in [7, 11) is 0. The predicted octanol–water partition coefficient (Wildman–Crippen LogP) is 1.84. The number of aliphatic hydroxyl groups excluding tert-OH is 1. The first-order valence-electron chi connectivity index (χ1n) is 7.63. The fraction of sp³-hybridized carbons (Fsp3) is 1.00. The Bertz CT molecular complexity index is 263. The molecule has 3 nitrogen and oxygen atoms in total. The van der Waals surface area contributed by atoms with E-state index in [-0.39, 0.29) is 6.10 Å². The summed E-state index contributed by atoms with van der Waals surface area (Å²) < 4.78 is 0. The zero-order valence-corrected chi connectivity index (χ0v) is 12.2. The molecule has 0 spiro atoms. The van der Waals surface area contributed by atoms with E-state index < -0.39 is 0 Å². The Morgan fingerprint density at radius 2 is 1.89 bits per heavy atom. The minimum Gasteiger partial charge on any atom is -0.393 e. The lowest BCUT2D eigenvalue weighted by Crippen LogP contribution is -2.54. The zero-order chi connectivity index (χ0) is 13.3. The number of nitrogens with zero attached hydrogens (tertiary/aromatic N) is 1. The summed E-state index contributed by atoms with van der Waals surface area (Å²) in [6.07, 6.45) is 4.52. The fourth-order valence-electron chi connectivity index (χ4n) is 3.53. The van der Waals surface area contributed by atoms with Crippen LogP contribution in [0.1, 0.15) is 46.5 Å². The van der Waals surface area contributed by atoms with Gasteiger partial charge in [-0.15, -0.1) is 0 Å². The Kier molecular flexibility index (Phi) is 4.68. The molecule has 1 aliphatic carbocycles. The van der Waals surface area contributed by atoms with Crippen LogP contribution in [0, 0.1) is 17.8 Å². The maximum Gasteiger partial charge on any atom is 0.0566 e. The Balaban J connectivity index is 1.84.